The third-order valence-electron chi connectivity index (χ3n) is 4.25. The van der Waals surface area contributed by atoms with Crippen LogP contribution in [0, 0.1) is 0 Å². The van der Waals surface area contributed by atoms with Crippen molar-refractivity contribution in [1.29, 1.82) is 0 Å². The lowest BCUT2D eigenvalue weighted by Gasteiger charge is -2.38. The van der Waals surface area contributed by atoms with Crippen LogP contribution in [0.15, 0.2) is 24.5 Å². The minimum Gasteiger partial charge on any atom is -0.396 e. The van der Waals surface area contributed by atoms with E-state index >= 15 is 0 Å². The Morgan fingerprint density at radius 1 is 1.20 bits per heavy atom. The Balaban J connectivity index is 1.71. The molecule has 2 rings (SSSR count). The predicted molar refractivity (Wildman–Crippen MR) is 81.6 cm³/mol. The van der Waals surface area contributed by atoms with E-state index in [-0.39, 0.29) is 0 Å². The van der Waals surface area contributed by atoms with Gasteiger partial charge >= 0.3 is 0 Å². The third-order valence-corrected chi connectivity index (χ3v) is 4.25. The number of unbranched alkanes of at least 4 members (excludes halogenated alkanes) is 2. The summed E-state index contributed by atoms with van der Waals surface area (Å²) in [5.41, 5.74) is 1.31. The molecule has 0 radical (unpaired) electrons. The molecule has 1 saturated heterocycles. The van der Waals surface area contributed by atoms with Gasteiger partial charge in [0.2, 0.25) is 0 Å². The van der Waals surface area contributed by atoms with Gasteiger partial charge in [-0.15, -0.1) is 0 Å². The molecular formula is C16H27N3O. The van der Waals surface area contributed by atoms with Crippen LogP contribution < -0.4 is 0 Å². The average molecular weight is 277 g/mol. The highest BCUT2D eigenvalue weighted by molar-refractivity contribution is 5.13. The number of pyridine rings is 1. The highest BCUT2D eigenvalue weighted by Gasteiger charge is 2.21. The van der Waals surface area contributed by atoms with Crippen molar-refractivity contribution < 1.29 is 5.11 Å². The van der Waals surface area contributed by atoms with Crippen molar-refractivity contribution in [2.45, 2.75) is 32.2 Å². The monoisotopic (exact) mass is 277 g/mol. The molecule has 4 heteroatoms. The van der Waals surface area contributed by atoms with Crippen molar-refractivity contribution in [3.8, 4) is 0 Å². The van der Waals surface area contributed by atoms with Gasteiger partial charge in [-0.25, -0.2) is 0 Å². The largest absolute Gasteiger partial charge is 0.396 e. The van der Waals surface area contributed by atoms with Crippen LogP contribution in [-0.4, -0.2) is 59.2 Å². The first kappa shape index (κ1) is 15.4. The zero-order valence-electron chi connectivity index (χ0n) is 12.5. The Hall–Kier alpha value is -0.970. The lowest BCUT2D eigenvalue weighted by Crippen LogP contribution is -2.47. The molecule has 1 aromatic heterocycles. The highest BCUT2D eigenvalue weighted by atomic mass is 16.2. The average Bonchev–Trinajstić information content (AvgIpc) is 2.52. The Labute approximate surface area is 122 Å². The number of aliphatic hydroxyl groups is 1. The second-order valence-electron chi connectivity index (χ2n) is 5.62. The lowest BCUT2D eigenvalue weighted by molar-refractivity contribution is 0.101. The SMILES string of the molecule is CC(c1cccnc1)N1CCN(CCCCCO)CC1. The number of rotatable bonds is 7. The molecule has 1 atom stereocenters. The van der Waals surface area contributed by atoms with E-state index in [2.05, 4.69) is 27.8 Å². The van der Waals surface area contributed by atoms with Crippen molar-refractivity contribution >= 4 is 0 Å². The molecule has 0 saturated carbocycles. The van der Waals surface area contributed by atoms with Gasteiger partial charge in [-0.1, -0.05) is 6.07 Å². The molecule has 0 spiro atoms. The van der Waals surface area contributed by atoms with Crippen LogP contribution in [0.3, 0.4) is 0 Å². The van der Waals surface area contributed by atoms with E-state index in [1.54, 1.807) is 0 Å². The summed E-state index contributed by atoms with van der Waals surface area (Å²) in [5, 5.41) is 8.78. The molecule has 1 aromatic rings. The number of aromatic nitrogens is 1. The van der Waals surface area contributed by atoms with E-state index in [9.17, 15) is 0 Å². The quantitative estimate of drug-likeness (QED) is 0.773. The van der Waals surface area contributed by atoms with Gasteiger partial charge in [0.25, 0.3) is 0 Å². The van der Waals surface area contributed by atoms with E-state index in [4.69, 9.17) is 5.11 Å². The fourth-order valence-corrected chi connectivity index (χ4v) is 2.83. The summed E-state index contributed by atoms with van der Waals surface area (Å²) in [6.45, 7) is 8.36. The van der Waals surface area contributed by atoms with Crippen LogP contribution in [-0.2, 0) is 0 Å². The summed E-state index contributed by atoms with van der Waals surface area (Å²) in [4.78, 5) is 9.30. The van der Waals surface area contributed by atoms with Gasteiger partial charge in [0.15, 0.2) is 0 Å². The lowest BCUT2D eigenvalue weighted by atomic mass is 10.1. The molecule has 20 heavy (non-hydrogen) atoms. The Morgan fingerprint density at radius 3 is 2.65 bits per heavy atom. The molecule has 112 valence electrons. The molecule has 0 amide bonds. The number of nitrogens with zero attached hydrogens (tertiary/aromatic N) is 3. The van der Waals surface area contributed by atoms with Gasteiger partial charge in [-0.3, -0.25) is 9.88 Å². The molecular weight excluding hydrogens is 250 g/mol. The van der Waals surface area contributed by atoms with E-state index < -0.39 is 0 Å². The third kappa shape index (κ3) is 4.54. The van der Waals surface area contributed by atoms with Gasteiger partial charge < -0.3 is 10.0 Å². The first-order valence-corrected chi connectivity index (χ1v) is 7.78. The zero-order valence-corrected chi connectivity index (χ0v) is 12.5. The van der Waals surface area contributed by atoms with E-state index in [0.717, 1.165) is 39.0 Å². The fraction of sp³-hybridized carbons (Fsp3) is 0.688. The van der Waals surface area contributed by atoms with E-state index in [0.29, 0.717) is 12.6 Å². The second-order valence-corrected chi connectivity index (χ2v) is 5.62. The Morgan fingerprint density at radius 2 is 2.00 bits per heavy atom. The molecule has 1 aliphatic rings. The van der Waals surface area contributed by atoms with Crippen molar-refractivity contribution in [2.75, 3.05) is 39.3 Å². The maximum Gasteiger partial charge on any atom is 0.0431 e. The molecule has 2 heterocycles. The molecule has 1 unspecified atom stereocenters. The van der Waals surface area contributed by atoms with Crippen molar-refractivity contribution in [1.82, 2.24) is 14.8 Å². The number of piperazine rings is 1. The fourth-order valence-electron chi connectivity index (χ4n) is 2.83. The van der Waals surface area contributed by atoms with Crippen LogP contribution in [0.5, 0.6) is 0 Å². The number of hydrogen-bond donors (Lipinski definition) is 1. The van der Waals surface area contributed by atoms with Gasteiger partial charge in [0, 0.05) is 51.2 Å². The smallest absolute Gasteiger partial charge is 0.0431 e. The second kappa shape index (κ2) is 8.35. The van der Waals surface area contributed by atoms with E-state index in [1.807, 2.05) is 18.5 Å². The molecule has 1 fully saturated rings. The Kier molecular flexibility index (Phi) is 6.43. The van der Waals surface area contributed by atoms with Crippen LogP contribution in [0.2, 0.25) is 0 Å². The summed E-state index contributed by atoms with van der Waals surface area (Å²) < 4.78 is 0. The maximum atomic E-state index is 8.78. The zero-order chi connectivity index (χ0) is 14.2. The van der Waals surface area contributed by atoms with Crippen molar-refractivity contribution in [2.24, 2.45) is 0 Å². The first-order chi connectivity index (χ1) is 9.81. The van der Waals surface area contributed by atoms with Crippen LogP contribution in [0.4, 0.5) is 0 Å². The molecule has 0 bridgehead atoms. The number of hydrogen-bond acceptors (Lipinski definition) is 4. The van der Waals surface area contributed by atoms with Gasteiger partial charge in [-0.05, 0) is 44.4 Å². The topological polar surface area (TPSA) is 39.6 Å². The van der Waals surface area contributed by atoms with E-state index in [1.165, 1.54) is 18.5 Å². The predicted octanol–water partition coefficient (Wildman–Crippen LogP) is 1.92. The normalized spacial score (nSPS) is 19.1. The van der Waals surface area contributed by atoms with Crippen molar-refractivity contribution in [3.63, 3.8) is 0 Å². The van der Waals surface area contributed by atoms with Gasteiger partial charge in [0.05, 0.1) is 0 Å². The summed E-state index contributed by atoms with van der Waals surface area (Å²) in [6, 6.07) is 4.64. The van der Waals surface area contributed by atoms with Crippen molar-refractivity contribution in [3.05, 3.63) is 30.1 Å². The van der Waals surface area contributed by atoms with Gasteiger partial charge in [-0.2, -0.15) is 0 Å². The molecule has 1 aliphatic heterocycles. The molecule has 0 aromatic carbocycles. The first-order valence-electron chi connectivity index (χ1n) is 7.78. The van der Waals surface area contributed by atoms with Crippen LogP contribution in [0.25, 0.3) is 0 Å². The summed E-state index contributed by atoms with van der Waals surface area (Å²) in [5.74, 6) is 0. The Bertz CT molecular complexity index is 363. The van der Waals surface area contributed by atoms with Crippen LogP contribution >= 0.6 is 0 Å². The maximum absolute atomic E-state index is 8.78. The minimum atomic E-state index is 0.330. The van der Waals surface area contributed by atoms with Gasteiger partial charge in [0.1, 0.15) is 0 Å². The summed E-state index contributed by atoms with van der Waals surface area (Å²) in [7, 11) is 0. The summed E-state index contributed by atoms with van der Waals surface area (Å²) in [6.07, 6.45) is 7.10. The molecule has 4 nitrogen and oxygen atoms in total. The van der Waals surface area contributed by atoms with Crippen LogP contribution in [0.1, 0.15) is 37.8 Å². The minimum absolute atomic E-state index is 0.330. The highest BCUT2D eigenvalue weighted by Crippen LogP contribution is 2.20. The standard InChI is InChI=1S/C16H27N3O/c1-15(16-6-5-7-17-14-16)19-11-9-18(10-12-19)8-3-2-4-13-20/h5-7,14-15,20H,2-4,8-13H2,1H3. The summed E-state index contributed by atoms with van der Waals surface area (Å²) >= 11 is 0. The molecule has 1 N–H and O–H groups in total. The number of aliphatic hydroxyl groups excluding tert-OH is 1. The molecule has 0 aliphatic carbocycles.